The van der Waals surface area contributed by atoms with E-state index in [2.05, 4.69) is 39.0 Å². The van der Waals surface area contributed by atoms with E-state index >= 15 is 0 Å². The maximum Gasteiger partial charge on any atom is 0.235 e. The highest BCUT2D eigenvalue weighted by Crippen LogP contribution is 2.42. The van der Waals surface area contributed by atoms with Crippen LogP contribution in [-0.2, 0) is 6.54 Å². The summed E-state index contributed by atoms with van der Waals surface area (Å²) in [5, 5.41) is 24.6. The van der Waals surface area contributed by atoms with Crippen LogP contribution < -0.4 is 10.1 Å². The molecule has 3 heterocycles. The largest absolute Gasteiger partial charge is 0.508 e. The molecular formula is C29H27N3O4. The number of rotatable bonds is 5. The summed E-state index contributed by atoms with van der Waals surface area (Å²) in [6, 6.07) is 20.9. The van der Waals surface area contributed by atoms with Gasteiger partial charge in [0.1, 0.15) is 22.8 Å². The van der Waals surface area contributed by atoms with E-state index in [1.807, 2.05) is 30.3 Å². The van der Waals surface area contributed by atoms with Crippen LogP contribution in [0.3, 0.4) is 0 Å². The van der Waals surface area contributed by atoms with Gasteiger partial charge in [-0.3, -0.25) is 9.69 Å². The molecule has 3 N–H and O–H groups in total. The molecule has 182 valence electrons. The molecule has 7 nitrogen and oxygen atoms in total. The van der Waals surface area contributed by atoms with Crippen LogP contribution in [0.2, 0.25) is 0 Å². The van der Waals surface area contributed by atoms with Gasteiger partial charge in [-0.15, -0.1) is 0 Å². The summed E-state index contributed by atoms with van der Waals surface area (Å²) in [5.74, 6) is -0.574. The summed E-state index contributed by atoms with van der Waals surface area (Å²) in [5.41, 5.74) is 4.10. The predicted octanol–water partition coefficient (Wildman–Crippen LogP) is 4.24. The number of nitrogens with zero attached hydrogens (tertiary/aromatic N) is 2. The number of benzene rings is 3. The first kappa shape index (κ1) is 22.4. The van der Waals surface area contributed by atoms with Gasteiger partial charge in [-0.2, -0.15) is 0 Å². The van der Waals surface area contributed by atoms with Gasteiger partial charge in [0.2, 0.25) is 5.78 Å². The molecule has 0 unspecified atom stereocenters. The van der Waals surface area contributed by atoms with Gasteiger partial charge in [-0.25, -0.2) is 0 Å². The summed E-state index contributed by atoms with van der Waals surface area (Å²) in [4.78, 5) is 15.7. The van der Waals surface area contributed by atoms with E-state index in [9.17, 15) is 15.0 Å². The number of Topliss-reactive ketones (excluding diaryl/α,β-unsaturated/α-hetero) is 1. The maximum absolute atomic E-state index is 13.2. The number of fused-ring (bicyclic) bond motifs is 2. The zero-order chi connectivity index (χ0) is 24.6. The fourth-order valence-corrected chi connectivity index (χ4v) is 5.20. The number of ketones is 1. The van der Waals surface area contributed by atoms with E-state index in [1.165, 1.54) is 6.07 Å². The molecule has 1 saturated heterocycles. The third-order valence-electron chi connectivity index (χ3n) is 6.92. The molecular weight excluding hydrogens is 454 g/mol. The van der Waals surface area contributed by atoms with Crippen molar-refractivity contribution in [3.05, 3.63) is 83.6 Å². The van der Waals surface area contributed by atoms with Crippen molar-refractivity contribution in [3.63, 3.8) is 0 Å². The smallest absolute Gasteiger partial charge is 0.235 e. The first-order valence-corrected chi connectivity index (χ1v) is 12.2. The van der Waals surface area contributed by atoms with Gasteiger partial charge in [-0.1, -0.05) is 48.5 Å². The molecule has 3 aromatic carbocycles. The molecule has 6 rings (SSSR count). The number of allylic oxidation sites excluding steroid dienone is 1. The fraction of sp³-hybridized carbons (Fsp3) is 0.207. The zero-order valence-electron chi connectivity index (χ0n) is 19.8. The van der Waals surface area contributed by atoms with E-state index in [1.54, 1.807) is 6.08 Å². The number of hydrogen-bond acceptors (Lipinski definition) is 6. The molecule has 36 heavy (non-hydrogen) atoms. The Labute approximate surface area is 208 Å². The maximum atomic E-state index is 13.2. The standard InChI is InChI=1S/C29H27N3O4/c33-20-16-24(34)27-25(17-20)36-26(29(27)35)18-22-21-8-4-5-9-23(21)32(15-14-31-12-10-30-11-13-31)28(22)19-6-2-1-3-7-19/h1-9,16-18,30,33-34H,10-15H2/b26-18-. The highest BCUT2D eigenvalue weighted by atomic mass is 16.5. The number of piperazine rings is 1. The average Bonchev–Trinajstić information content (AvgIpc) is 3.38. The number of phenols is 2. The Balaban J connectivity index is 1.49. The number of hydrogen-bond donors (Lipinski definition) is 3. The van der Waals surface area contributed by atoms with Crippen LogP contribution in [0.15, 0.2) is 72.5 Å². The Morgan fingerprint density at radius 1 is 0.944 bits per heavy atom. The minimum Gasteiger partial charge on any atom is -0.508 e. The quantitative estimate of drug-likeness (QED) is 0.370. The fourth-order valence-electron chi connectivity index (χ4n) is 5.20. The molecule has 0 radical (unpaired) electrons. The Hall–Kier alpha value is -4.07. The number of para-hydroxylation sites is 1. The van der Waals surface area contributed by atoms with E-state index in [0.29, 0.717) is 0 Å². The number of carbonyl (C=O) groups excluding carboxylic acids is 1. The Kier molecular flexibility index (Phi) is 5.71. The third kappa shape index (κ3) is 3.92. The summed E-state index contributed by atoms with van der Waals surface area (Å²) in [6.45, 7) is 5.76. The molecule has 7 heteroatoms. The van der Waals surface area contributed by atoms with Crippen LogP contribution in [0.5, 0.6) is 17.2 Å². The highest BCUT2D eigenvalue weighted by Gasteiger charge is 2.32. The van der Waals surface area contributed by atoms with E-state index in [4.69, 9.17) is 4.74 Å². The topological polar surface area (TPSA) is 87.0 Å². The first-order valence-electron chi connectivity index (χ1n) is 12.2. The van der Waals surface area contributed by atoms with Crippen LogP contribution in [0.1, 0.15) is 15.9 Å². The summed E-state index contributed by atoms with van der Waals surface area (Å²) in [7, 11) is 0. The van der Waals surface area contributed by atoms with Gasteiger partial charge in [0, 0.05) is 67.9 Å². The number of ether oxygens (including phenoxy) is 1. The lowest BCUT2D eigenvalue weighted by molar-refractivity contribution is 0.101. The van der Waals surface area contributed by atoms with Gasteiger partial charge < -0.3 is 24.8 Å². The number of phenolic OH excluding ortho intramolecular Hbond substituents is 2. The van der Waals surface area contributed by atoms with Crippen molar-refractivity contribution in [1.29, 1.82) is 0 Å². The molecule has 1 fully saturated rings. The summed E-state index contributed by atoms with van der Waals surface area (Å²) in [6.07, 6.45) is 1.77. The second-order valence-corrected chi connectivity index (χ2v) is 9.17. The van der Waals surface area contributed by atoms with Crippen LogP contribution in [0.4, 0.5) is 0 Å². The number of nitrogens with one attached hydrogen (secondary N) is 1. The first-order chi connectivity index (χ1) is 17.6. The van der Waals surface area contributed by atoms with E-state index in [0.717, 1.165) is 73.1 Å². The van der Waals surface area contributed by atoms with Crippen LogP contribution >= 0.6 is 0 Å². The molecule has 2 aliphatic rings. The van der Waals surface area contributed by atoms with Gasteiger partial charge in [0.25, 0.3) is 0 Å². The van der Waals surface area contributed by atoms with Crippen molar-refractivity contribution in [1.82, 2.24) is 14.8 Å². The molecule has 1 aromatic heterocycles. The SMILES string of the molecule is O=C1/C(=C/c2c(-c3ccccc3)n(CCN3CCNCC3)c3ccccc23)Oc2cc(O)cc(O)c21. The molecule has 4 aromatic rings. The van der Waals surface area contributed by atoms with Crippen molar-refractivity contribution >= 4 is 22.8 Å². The lowest BCUT2D eigenvalue weighted by Gasteiger charge is -2.27. The lowest BCUT2D eigenvalue weighted by atomic mass is 10.0. The minimum atomic E-state index is -0.404. The molecule has 0 saturated carbocycles. The lowest BCUT2D eigenvalue weighted by Crippen LogP contribution is -2.44. The van der Waals surface area contributed by atoms with Gasteiger partial charge in [0.15, 0.2) is 5.76 Å². The Morgan fingerprint density at radius 3 is 2.50 bits per heavy atom. The van der Waals surface area contributed by atoms with Crippen LogP contribution in [0.25, 0.3) is 28.2 Å². The number of aromatic hydroxyl groups is 2. The van der Waals surface area contributed by atoms with Gasteiger partial charge in [0.05, 0.1) is 5.69 Å². The van der Waals surface area contributed by atoms with Crippen LogP contribution in [-0.4, -0.2) is 58.2 Å². The normalized spacial score (nSPS) is 17.0. The molecule has 0 bridgehead atoms. The number of aromatic nitrogens is 1. The van der Waals surface area contributed by atoms with Crippen molar-refractivity contribution < 1.29 is 19.7 Å². The van der Waals surface area contributed by atoms with Crippen molar-refractivity contribution in [3.8, 4) is 28.5 Å². The van der Waals surface area contributed by atoms with Crippen LogP contribution in [0, 0.1) is 0 Å². The van der Waals surface area contributed by atoms with Gasteiger partial charge >= 0.3 is 0 Å². The summed E-state index contributed by atoms with van der Waals surface area (Å²) < 4.78 is 8.18. The summed E-state index contributed by atoms with van der Waals surface area (Å²) >= 11 is 0. The molecule has 2 aliphatic heterocycles. The second-order valence-electron chi connectivity index (χ2n) is 9.17. The Bertz CT molecular complexity index is 1480. The average molecular weight is 482 g/mol. The second kappa shape index (κ2) is 9.18. The zero-order valence-corrected chi connectivity index (χ0v) is 19.8. The molecule has 0 atom stereocenters. The van der Waals surface area contributed by atoms with Gasteiger partial charge in [-0.05, 0) is 17.7 Å². The monoisotopic (exact) mass is 481 g/mol. The van der Waals surface area contributed by atoms with E-state index in [-0.39, 0.29) is 28.6 Å². The van der Waals surface area contributed by atoms with Crippen molar-refractivity contribution in [2.75, 3.05) is 32.7 Å². The molecule has 0 spiro atoms. The highest BCUT2D eigenvalue weighted by molar-refractivity contribution is 6.17. The molecule has 0 aliphatic carbocycles. The Morgan fingerprint density at radius 2 is 1.69 bits per heavy atom. The molecule has 0 amide bonds. The van der Waals surface area contributed by atoms with E-state index < -0.39 is 5.78 Å². The minimum absolute atomic E-state index is 0.0720. The number of carbonyl (C=O) groups is 1. The van der Waals surface area contributed by atoms with Crippen molar-refractivity contribution in [2.45, 2.75) is 6.54 Å². The van der Waals surface area contributed by atoms with Crippen molar-refractivity contribution in [2.24, 2.45) is 0 Å². The predicted molar refractivity (Wildman–Crippen MR) is 139 cm³/mol. The third-order valence-corrected chi connectivity index (χ3v) is 6.92.